The summed E-state index contributed by atoms with van der Waals surface area (Å²) in [6, 6.07) is 11.5. The van der Waals surface area contributed by atoms with Gasteiger partial charge in [-0.25, -0.2) is 17.4 Å². The Morgan fingerprint density at radius 3 is 2.45 bits per heavy atom. The molecule has 0 fully saturated rings. The quantitative estimate of drug-likeness (QED) is 0.736. The van der Waals surface area contributed by atoms with Gasteiger partial charge in [0.25, 0.3) is 10.0 Å². The van der Waals surface area contributed by atoms with Gasteiger partial charge in [-0.1, -0.05) is 17.7 Å². The number of rotatable bonds is 3. The summed E-state index contributed by atoms with van der Waals surface area (Å²) in [4.78, 5) is 4.25. The highest BCUT2D eigenvalue weighted by Crippen LogP contribution is 2.28. The number of aromatic nitrogens is 2. The van der Waals surface area contributed by atoms with Crippen LogP contribution in [0.15, 0.2) is 47.4 Å². The van der Waals surface area contributed by atoms with Crippen LogP contribution in [-0.2, 0) is 10.0 Å². The van der Waals surface area contributed by atoms with E-state index in [1.807, 2.05) is 6.92 Å². The largest absolute Gasteiger partial charge is 0.497 e. The fraction of sp³-hybridized carbons (Fsp3) is 0.133. The zero-order valence-corrected chi connectivity index (χ0v) is 13.5. The highest BCUT2D eigenvalue weighted by molar-refractivity contribution is 7.90. The first-order chi connectivity index (χ1) is 10.4. The topological polar surface area (TPSA) is 61.2 Å². The minimum atomic E-state index is -3.83. The molecule has 0 radical (unpaired) electrons. The maximum atomic E-state index is 12.8. The summed E-state index contributed by atoms with van der Waals surface area (Å²) in [6.07, 6.45) is 0. The van der Waals surface area contributed by atoms with Crippen molar-refractivity contribution >= 4 is 32.7 Å². The molecule has 3 aromatic rings. The van der Waals surface area contributed by atoms with Gasteiger partial charge in [0, 0.05) is 6.07 Å². The van der Waals surface area contributed by atoms with Crippen LogP contribution >= 0.6 is 11.6 Å². The van der Waals surface area contributed by atoms with Crippen LogP contribution in [0.5, 0.6) is 5.75 Å². The Morgan fingerprint density at radius 1 is 1.14 bits per heavy atom. The number of hydrogen-bond donors (Lipinski definition) is 0. The third-order valence-corrected chi connectivity index (χ3v) is 5.41. The van der Waals surface area contributed by atoms with Gasteiger partial charge in [-0.15, -0.1) is 0 Å². The number of nitrogens with zero attached hydrogens (tertiary/aromatic N) is 2. The average molecular weight is 337 g/mol. The predicted octanol–water partition coefficient (Wildman–Crippen LogP) is 3.24. The Morgan fingerprint density at radius 2 is 1.82 bits per heavy atom. The smallest absolute Gasteiger partial charge is 0.270 e. The second-order valence-electron chi connectivity index (χ2n) is 4.82. The number of halogens is 1. The molecule has 0 unspecified atom stereocenters. The molecular weight excluding hydrogens is 324 g/mol. The van der Waals surface area contributed by atoms with E-state index in [2.05, 4.69) is 4.98 Å². The monoisotopic (exact) mass is 336 g/mol. The number of fused-ring (bicyclic) bond motifs is 1. The lowest BCUT2D eigenvalue weighted by molar-refractivity contribution is 0.415. The van der Waals surface area contributed by atoms with Gasteiger partial charge in [-0.2, -0.15) is 0 Å². The van der Waals surface area contributed by atoms with Crippen LogP contribution in [-0.4, -0.2) is 24.5 Å². The molecule has 0 amide bonds. The van der Waals surface area contributed by atoms with Crippen molar-refractivity contribution in [3.8, 4) is 5.75 Å². The Hall–Kier alpha value is -2.05. The summed E-state index contributed by atoms with van der Waals surface area (Å²) >= 11 is 6.06. The lowest BCUT2D eigenvalue weighted by Crippen LogP contribution is -2.13. The van der Waals surface area contributed by atoms with Crippen molar-refractivity contribution < 1.29 is 13.2 Å². The van der Waals surface area contributed by atoms with Crippen molar-refractivity contribution in [2.45, 2.75) is 11.8 Å². The highest BCUT2D eigenvalue weighted by Gasteiger charge is 2.23. The van der Waals surface area contributed by atoms with Gasteiger partial charge in [0.15, 0.2) is 0 Å². The van der Waals surface area contributed by atoms with Gasteiger partial charge >= 0.3 is 0 Å². The van der Waals surface area contributed by atoms with Crippen LogP contribution in [0.4, 0.5) is 0 Å². The lowest BCUT2D eigenvalue weighted by Gasteiger charge is -2.08. The molecule has 1 heterocycles. The van der Waals surface area contributed by atoms with Crippen LogP contribution in [0, 0.1) is 6.92 Å². The highest BCUT2D eigenvalue weighted by atomic mass is 35.5. The molecular formula is C15H13ClN2O3S. The van der Waals surface area contributed by atoms with E-state index in [0.717, 1.165) is 9.54 Å². The van der Waals surface area contributed by atoms with Crippen LogP contribution in [0.25, 0.3) is 11.0 Å². The average Bonchev–Trinajstić information content (AvgIpc) is 2.83. The molecule has 0 saturated carbocycles. The fourth-order valence-electron chi connectivity index (χ4n) is 2.18. The molecule has 114 valence electrons. The first-order valence-electron chi connectivity index (χ1n) is 6.48. The third kappa shape index (κ3) is 2.34. The molecule has 0 spiro atoms. The summed E-state index contributed by atoms with van der Waals surface area (Å²) in [6.45, 7) is 1.89. The maximum absolute atomic E-state index is 12.8. The van der Waals surface area contributed by atoms with Crippen molar-refractivity contribution in [3.05, 3.63) is 53.3 Å². The van der Waals surface area contributed by atoms with Gasteiger partial charge in [-0.05, 0) is 42.8 Å². The van der Waals surface area contributed by atoms with E-state index in [9.17, 15) is 8.42 Å². The number of imidazole rings is 1. The van der Waals surface area contributed by atoms with Gasteiger partial charge in [0.2, 0.25) is 5.28 Å². The number of aryl methyl sites for hydroxylation is 1. The van der Waals surface area contributed by atoms with Crippen LogP contribution < -0.4 is 4.74 Å². The minimum Gasteiger partial charge on any atom is -0.497 e. The summed E-state index contributed by atoms with van der Waals surface area (Å²) in [5.41, 5.74) is 1.84. The minimum absolute atomic E-state index is 0.108. The number of benzene rings is 2. The van der Waals surface area contributed by atoms with E-state index in [0.29, 0.717) is 16.8 Å². The van der Waals surface area contributed by atoms with E-state index in [1.165, 1.54) is 7.11 Å². The van der Waals surface area contributed by atoms with E-state index in [1.54, 1.807) is 42.5 Å². The van der Waals surface area contributed by atoms with E-state index >= 15 is 0 Å². The van der Waals surface area contributed by atoms with Crippen LogP contribution in [0.1, 0.15) is 5.56 Å². The molecule has 0 atom stereocenters. The zero-order valence-electron chi connectivity index (χ0n) is 11.9. The first-order valence-corrected chi connectivity index (χ1v) is 8.29. The molecule has 0 aliphatic heterocycles. The molecule has 7 heteroatoms. The zero-order chi connectivity index (χ0) is 15.9. The summed E-state index contributed by atoms with van der Waals surface area (Å²) in [5.74, 6) is 0.532. The Kier molecular flexibility index (Phi) is 3.58. The summed E-state index contributed by atoms with van der Waals surface area (Å²) < 4.78 is 31.8. The molecule has 0 saturated heterocycles. The summed E-state index contributed by atoms with van der Waals surface area (Å²) in [5, 5.41) is -0.108. The second kappa shape index (κ2) is 5.30. The molecule has 0 N–H and O–H groups in total. The van der Waals surface area contributed by atoms with Crippen LogP contribution in [0.2, 0.25) is 5.28 Å². The van der Waals surface area contributed by atoms with E-state index in [-0.39, 0.29) is 10.2 Å². The van der Waals surface area contributed by atoms with E-state index in [4.69, 9.17) is 16.3 Å². The normalized spacial score (nSPS) is 11.8. The molecule has 0 aliphatic rings. The van der Waals surface area contributed by atoms with Gasteiger partial charge in [0.1, 0.15) is 5.75 Å². The van der Waals surface area contributed by atoms with Crippen molar-refractivity contribution in [3.63, 3.8) is 0 Å². The lowest BCUT2D eigenvalue weighted by atomic mass is 10.2. The number of methoxy groups -OCH3 is 1. The van der Waals surface area contributed by atoms with Gasteiger partial charge < -0.3 is 4.74 Å². The Balaban J connectivity index is 2.28. The van der Waals surface area contributed by atoms with Gasteiger partial charge in [-0.3, -0.25) is 0 Å². The van der Waals surface area contributed by atoms with Crippen molar-refractivity contribution in [1.82, 2.24) is 8.96 Å². The molecule has 22 heavy (non-hydrogen) atoms. The molecule has 3 rings (SSSR count). The molecule has 1 aromatic heterocycles. The van der Waals surface area contributed by atoms with Gasteiger partial charge in [0.05, 0.1) is 23.0 Å². The number of ether oxygens (including phenoxy) is 1. The van der Waals surface area contributed by atoms with E-state index < -0.39 is 10.0 Å². The van der Waals surface area contributed by atoms with Crippen molar-refractivity contribution in [1.29, 1.82) is 0 Å². The molecule has 0 bridgehead atoms. The number of hydrogen-bond acceptors (Lipinski definition) is 4. The maximum Gasteiger partial charge on any atom is 0.270 e. The van der Waals surface area contributed by atoms with Crippen molar-refractivity contribution in [2.24, 2.45) is 0 Å². The fourth-order valence-corrected chi connectivity index (χ4v) is 3.97. The Labute approximate surface area is 133 Å². The molecule has 0 aliphatic carbocycles. The molecule has 5 nitrogen and oxygen atoms in total. The van der Waals surface area contributed by atoms with Crippen molar-refractivity contribution in [2.75, 3.05) is 7.11 Å². The molecule has 2 aromatic carbocycles. The second-order valence-corrected chi connectivity index (χ2v) is 6.94. The standard InChI is InChI=1S/C15H13ClN2O3S/c1-10-3-6-12(7-4-10)22(19,20)18-14-9-11(21-2)5-8-13(14)17-15(18)16/h3-9H,1-2H3. The predicted molar refractivity (Wildman–Crippen MR) is 85.1 cm³/mol. The SMILES string of the molecule is COc1ccc2nc(Cl)n(S(=O)(=O)c3ccc(C)cc3)c2c1. The van der Waals surface area contributed by atoms with Crippen LogP contribution in [0.3, 0.4) is 0 Å². The first kappa shape index (κ1) is 14.9. The Bertz CT molecular complexity index is 947. The summed E-state index contributed by atoms with van der Waals surface area (Å²) in [7, 11) is -2.32. The third-order valence-electron chi connectivity index (χ3n) is 3.34.